The van der Waals surface area contributed by atoms with E-state index in [0.29, 0.717) is 6.61 Å². The van der Waals surface area contributed by atoms with Crippen LogP contribution in [0.4, 0.5) is 0 Å². The minimum Gasteiger partial charge on any atom is -0.496 e. The van der Waals surface area contributed by atoms with E-state index >= 15 is 0 Å². The maximum absolute atomic E-state index is 10.6. The molecule has 2 aromatic carbocycles. The van der Waals surface area contributed by atoms with Gasteiger partial charge in [0.2, 0.25) is 0 Å². The fraction of sp³-hybridized carbons (Fsp3) is 0.478. The van der Waals surface area contributed by atoms with E-state index in [1.807, 2.05) is 25.1 Å². The SMILES string of the molecule is CCOc1ccc(Cc2cc(C3SC(CO)C(O)CC3O)c(OC)cc2C)cc1. The molecule has 4 unspecified atom stereocenters. The Kier molecular flexibility index (Phi) is 7.46. The molecule has 1 saturated heterocycles. The monoisotopic (exact) mass is 418 g/mol. The highest BCUT2D eigenvalue weighted by Crippen LogP contribution is 2.46. The molecule has 4 atom stereocenters. The second kappa shape index (κ2) is 9.85. The van der Waals surface area contributed by atoms with Gasteiger partial charge in [-0.05, 0) is 55.2 Å². The second-order valence-electron chi connectivity index (χ2n) is 7.42. The second-order valence-corrected chi connectivity index (χ2v) is 8.81. The molecule has 0 amide bonds. The fourth-order valence-corrected chi connectivity index (χ4v) is 5.14. The molecular weight excluding hydrogens is 388 g/mol. The zero-order valence-electron chi connectivity index (χ0n) is 17.2. The molecule has 0 aliphatic carbocycles. The topological polar surface area (TPSA) is 79.2 Å². The number of aryl methyl sites for hydroxylation is 1. The van der Waals surface area contributed by atoms with Crippen molar-refractivity contribution in [3.63, 3.8) is 0 Å². The summed E-state index contributed by atoms with van der Waals surface area (Å²) in [5.41, 5.74) is 4.35. The number of ether oxygens (including phenoxy) is 2. The Labute approximate surface area is 176 Å². The van der Waals surface area contributed by atoms with Crippen LogP contribution >= 0.6 is 11.8 Å². The van der Waals surface area contributed by atoms with Crippen molar-refractivity contribution >= 4 is 11.8 Å². The predicted molar refractivity (Wildman–Crippen MR) is 116 cm³/mol. The highest BCUT2D eigenvalue weighted by molar-refractivity contribution is 8.00. The Morgan fingerprint density at radius 1 is 1.10 bits per heavy atom. The summed E-state index contributed by atoms with van der Waals surface area (Å²) >= 11 is 1.41. The summed E-state index contributed by atoms with van der Waals surface area (Å²) in [5.74, 6) is 1.58. The molecule has 158 valence electrons. The van der Waals surface area contributed by atoms with Gasteiger partial charge in [0, 0.05) is 12.0 Å². The summed E-state index contributed by atoms with van der Waals surface area (Å²) in [6, 6.07) is 12.2. The van der Waals surface area contributed by atoms with Crippen LogP contribution in [0.15, 0.2) is 36.4 Å². The van der Waals surface area contributed by atoms with Crippen molar-refractivity contribution < 1.29 is 24.8 Å². The van der Waals surface area contributed by atoms with Gasteiger partial charge in [-0.1, -0.05) is 18.2 Å². The highest BCUT2D eigenvalue weighted by Gasteiger charge is 2.38. The molecule has 1 heterocycles. The van der Waals surface area contributed by atoms with Gasteiger partial charge < -0.3 is 24.8 Å². The van der Waals surface area contributed by atoms with Gasteiger partial charge in [0.15, 0.2) is 0 Å². The van der Waals surface area contributed by atoms with Crippen LogP contribution in [0.5, 0.6) is 11.5 Å². The van der Waals surface area contributed by atoms with Crippen molar-refractivity contribution in [1.29, 1.82) is 0 Å². The molecule has 0 saturated carbocycles. The number of thioether (sulfide) groups is 1. The van der Waals surface area contributed by atoms with Gasteiger partial charge in [-0.2, -0.15) is 0 Å². The number of methoxy groups -OCH3 is 1. The van der Waals surface area contributed by atoms with Crippen molar-refractivity contribution in [3.8, 4) is 11.5 Å². The van der Waals surface area contributed by atoms with E-state index in [1.165, 1.54) is 17.3 Å². The van der Waals surface area contributed by atoms with Crippen molar-refractivity contribution in [1.82, 2.24) is 0 Å². The summed E-state index contributed by atoms with van der Waals surface area (Å²) in [5, 5.41) is 29.7. The maximum atomic E-state index is 10.6. The molecule has 1 fully saturated rings. The van der Waals surface area contributed by atoms with Crippen molar-refractivity contribution in [3.05, 3.63) is 58.7 Å². The largest absolute Gasteiger partial charge is 0.496 e. The van der Waals surface area contributed by atoms with Gasteiger partial charge >= 0.3 is 0 Å². The molecule has 0 bridgehead atoms. The van der Waals surface area contributed by atoms with Gasteiger partial charge in [-0.15, -0.1) is 11.8 Å². The lowest BCUT2D eigenvalue weighted by Crippen LogP contribution is -2.39. The van der Waals surface area contributed by atoms with Crippen LogP contribution in [0.1, 0.15) is 40.8 Å². The normalized spacial score (nSPS) is 24.3. The molecule has 6 heteroatoms. The van der Waals surface area contributed by atoms with Crippen LogP contribution < -0.4 is 9.47 Å². The smallest absolute Gasteiger partial charge is 0.123 e. The van der Waals surface area contributed by atoms with Crippen LogP contribution in [-0.2, 0) is 6.42 Å². The Hall–Kier alpha value is -1.73. The summed E-state index contributed by atoms with van der Waals surface area (Å²) in [6.07, 6.45) is -0.410. The Bertz CT molecular complexity index is 808. The lowest BCUT2D eigenvalue weighted by molar-refractivity contribution is 0.0571. The molecule has 5 nitrogen and oxygen atoms in total. The minimum absolute atomic E-state index is 0.123. The van der Waals surface area contributed by atoms with Crippen LogP contribution in [0, 0.1) is 6.92 Å². The van der Waals surface area contributed by atoms with E-state index < -0.39 is 12.2 Å². The first kappa shape index (κ1) is 22.0. The van der Waals surface area contributed by atoms with Crippen molar-refractivity contribution in [2.45, 2.75) is 49.4 Å². The number of rotatable bonds is 7. The van der Waals surface area contributed by atoms with Crippen molar-refractivity contribution in [2.24, 2.45) is 0 Å². The minimum atomic E-state index is -0.712. The third-order valence-corrected chi connectivity index (χ3v) is 7.06. The zero-order valence-corrected chi connectivity index (χ0v) is 18.0. The number of hydrogen-bond acceptors (Lipinski definition) is 6. The fourth-order valence-electron chi connectivity index (χ4n) is 3.76. The molecule has 0 aromatic heterocycles. The standard InChI is InChI=1S/C23H30O5S/c1-4-28-17-7-5-15(6-8-17)10-16-11-18(21(27-3)9-14(16)2)23-20(26)12-19(25)22(13-24)29-23/h5-9,11,19-20,22-26H,4,10,12-13H2,1-3H3. The molecule has 3 N–H and O–H groups in total. The zero-order chi connectivity index (χ0) is 21.0. The Balaban J connectivity index is 1.90. The first-order valence-electron chi connectivity index (χ1n) is 9.98. The van der Waals surface area contributed by atoms with Gasteiger partial charge in [0.25, 0.3) is 0 Å². The van der Waals surface area contributed by atoms with Gasteiger partial charge in [0.05, 0.1) is 43.0 Å². The number of aliphatic hydroxyl groups excluding tert-OH is 3. The summed E-state index contributed by atoms with van der Waals surface area (Å²) in [7, 11) is 1.63. The van der Waals surface area contributed by atoms with Crippen molar-refractivity contribution in [2.75, 3.05) is 20.3 Å². The van der Waals surface area contributed by atoms with Crippen LogP contribution in [0.2, 0.25) is 0 Å². The first-order chi connectivity index (χ1) is 14.0. The highest BCUT2D eigenvalue weighted by atomic mass is 32.2. The van der Waals surface area contributed by atoms with Crippen LogP contribution in [0.3, 0.4) is 0 Å². The van der Waals surface area contributed by atoms with E-state index in [1.54, 1.807) is 7.11 Å². The first-order valence-corrected chi connectivity index (χ1v) is 10.9. The number of hydrogen-bond donors (Lipinski definition) is 3. The Morgan fingerprint density at radius 3 is 2.45 bits per heavy atom. The van der Waals surface area contributed by atoms with E-state index in [9.17, 15) is 15.3 Å². The lowest BCUT2D eigenvalue weighted by Gasteiger charge is -2.36. The molecule has 2 aromatic rings. The van der Waals surface area contributed by atoms with Gasteiger partial charge in [0.1, 0.15) is 11.5 Å². The van der Waals surface area contributed by atoms with E-state index in [4.69, 9.17) is 9.47 Å². The molecule has 3 rings (SSSR count). The lowest BCUT2D eigenvalue weighted by atomic mass is 9.93. The van der Waals surface area contributed by atoms with E-state index in [-0.39, 0.29) is 23.5 Å². The molecule has 1 aliphatic rings. The van der Waals surface area contributed by atoms with E-state index in [0.717, 1.165) is 34.6 Å². The Morgan fingerprint density at radius 2 is 1.83 bits per heavy atom. The van der Waals surface area contributed by atoms with Crippen LogP contribution in [-0.4, -0.2) is 53.1 Å². The summed E-state index contributed by atoms with van der Waals surface area (Å²) in [6.45, 7) is 4.54. The average Bonchev–Trinajstić information content (AvgIpc) is 2.71. The number of benzene rings is 2. The van der Waals surface area contributed by atoms with Gasteiger partial charge in [-0.3, -0.25) is 0 Å². The quantitative estimate of drug-likeness (QED) is 0.641. The van der Waals surface area contributed by atoms with Gasteiger partial charge in [-0.25, -0.2) is 0 Å². The molecular formula is C23H30O5S. The van der Waals surface area contributed by atoms with E-state index in [2.05, 4.69) is 25.1 Å². The molecule has 1 aliphatic heterocycles. The van der Waals surface area contributed by atoms with Crippen LogP contribution in [0.25, 0.3) is 0 Å². The summed E-state index contributed by atoms with van der Waals surface area (Å²) < 4.78 is 11.1. The third-order valence-electron chi connectivity index (χ3n) is 5.39. The average molecular weight is 419 g/mol. The maximum Gasteiger partial charge on any atom is 0.123 e. The summed E-state index contributed by atoms with van der Waals surface area (Å²) in [4.78, 5) is 0. The number of aliphatic hydroxyl groups is 3. The predicted octanol–water partition coefficient (Wildman–Crippen LogP) is 3.25. The molecule has 0 spiro atoms. The third kappa shape index (κ3) is 5.07. The molecule has 29 heavy (non-hydrogen) atoms. The molecule has 0 radical (unpaired) electrons.